The van der Waals surface area contributed by atoms with Crippen LogP contribution in [0.15, 0.2) is 55.0 Å². The molecule has 0 bridgehead atoms. The van der Waals surface area contributed by atoms with Crippen LogP contribution in [-0.4, -0.2) is 24.9 Å². The summed E-state index contributed by atoms with van der Waals surface area (Å²) in [5.74, 6) is 0.609. The molecule has 4 aromatic rings. The minimum Gasteiger partial charge on any atom is -0.346 e. The summed E-state index contributed by atoms with van der Waals surface area (Å²) in [6, 6.07) is 11.7. The van der Waals surface area contributed by atoms with E-state index in [1.165, 1.54) is 0 Å². The highest BCUT2D eigenvalue weighted by Gasteiger charge is 2.12. The van der Waals surface area contributed by atoms with Crippen molar-refractivity contribution in [2.24, 2.45) is 0 Å². The summed E-state index contributed by atoms with van der Waals surface area (Å²) in [4.78, 5) is 21.2. The number of aromatic nitrogens is 5. The third kappa shape index (κ3) is 2.13. The molecule has 0 aromatic carbocycles. The smallest absolute Gasteiger partial charge is 0.180 e. The van der Waals surface area contributed by atoms with Gasteiger partial charge in [-0.25, -0.2) is 15.0 Å². The zero-order valence-corrected chi connectivity index (χ0v) is 12.0. The molecule has 0 aliphatic heterocycles. The summed E-state index contributed by atoms with van der Waals surface area (Å²) in [7, 11) is 0. The first-order chi connectivity index (χ1) is 10.8. The molecule has 0 spiro atoms. The van der Waals surface area contributed by atoms with Gasteiger partial charge in [0.15, 0.2) is 5.82 Å². The molecule has 0 unspecified atom stereocenters. The van der Waals surface area contributed by atoms with Crippen molar-refractivity contribution in [1.82, 2.24) is 24.9 Å². The van der Waals surface area contributed by atoms with Crippen LogP contribution in [0.5, 0.6) is 0 Å². The zero-order valence-electron chi connectivity index (χ0n) is 12.0. The van der Waals surface area contributed by atoms with Crippen LogP contribution in [-0.2, 0) is 0 Å². The van der Waals surface area contributed by atoms with Crippen LogP contribution in [0.25, 0.3) is 33.8 Å². The molecular formula is C17H13N5. The average Bonchev–Trinajstić information content (AvgIpc) is 3.03. The highest BCUT2D eigenvalue weighted by Crippen LogP contribution is 2.27. The standard InChI is InChI=1S/C17H13N5/c1-11-4-2-6-14(20-11)17-21-15(12-5-3-8-18-10-12)13-7-9-19-16(13)22-17/h2-10H,1H3,(H,19,21,22). The van der Waals surface area contributed by atoms with E-state index in [1.54, 1.807) is 6.20 Å². The van der Waals surface area contributed by atoms with E-state index in [0.29, 0.717) is 5.82 Å². The number of fused-ring (bicyclic) bond motifs is 1. The fourth-order valence-corrected chi connectivity index (χ4v) is 2.45. The first-order valence-corrected chi connectivity index (χ1v) is 7.01. The van der Waals surface area contributed by atoms with Crippen LogP contribution in [0, 0.1) is 6.92 Å². The van der Waals surface area contributed by atoms with Gasteiger partial charge in [-0.3, -0.25) is 4.98 Å². The van der Waals surface area contributed by atoms with Crippen molar-refractivity contribution in [3.8, 4) is 22.8 Å². The maximum absolute atomic E-state index is 4.72. The molecule has 4 heterocycles. The fourth-order valence-electron chi connectivity index (χ4n) is 2.45. The molecule has 0 fully saturated rings. The summed E-state index contributed by atoms with van der Waals surface area (Å²) in [6.07, 6.45) is 5.43. The molecule has 5 heteroatoms. The third-order valence-electron chi connectivity index (χ3n) is 3.47. The SMILES string of the molecule is Cc1cccc(-c2nc(-c3cccnc3)c3cc[nH]c3n2)n1. The Hall–Kier alpha value is -3.08. The van der Waals surface area contributed by atoms with Crippen LogP contribution >= 0.6 is 0 Å². The van der Waals surface area contributed by atoms with Crippen LogP contribution in [0.4, 0.5) is 0 Å². The van der Waals surface area contributed by atoms with Crippen molar-refractivity contribution >= 4 is 11.0 Å². The Morgan fingerprint density at radius 2 is 1.91 bits per heavy atom. The lowest BCUT2D eigenvalue weighted by molar-refractivity contribution is 1.13. The molecule has 4 rings (SSSR count). The molecule has 106 valence electrons. The van der Waals surface area contributed by atoms with E-state index in [2.05, 4.69) is 19.9 Å². The highest BCUT2D eigenvalue weighted by molar-refractivity contribution is 5.91. The van der Waals surface area contributed by atoms with Gasteiger partial charge in [-0.15, -0.1) is 0 Å². The third-order valence-corrected chi connectivity index (χ3v) is 3.47. The predicted octanol–water partition coefficient (Wildman–Crippen LogP) is 3.39. The quantitative estimate of drug-likeness (QED) is 0.613. The molecular weight excluding hydrogens is 274 g/mol. The summed E-state index contributed by atoms with van der Waals surface area (Å²) in [6.45, 7) is 1.96. The molecule has 0 amide bonds. The molecule has 0 saturated heterocycles. The number of hydrogen-bond donors (Lipinski definition) is 1. The first kappa shape index (κ1) is 12.6. The maximum Gasteiger partial charge on any atom is 0.180 e. The number of rotatable bonds is 2. The zero-order chi connectivity index (χ0) is 14.9. The molecule has 0 saturated carbocycles. The number of aryl methyl sites for hydroxylation is 1. The average molecular weight is 287 g/mol. The summed E-state index contributed by atoms with van der Waals surface area (Å²) < 4.78 is 0. The van der Waals surface area contributed by atoms with Gasteiger partial charge >= 0.3 is 0 Å². The molecule has 0 aliphatic carbocycles. The monoisotopic (exact) mass is 287 g/mol. The fraction of sp³-hybridized carbons (Fsp3) is 0.0588. The number of pyridine rings is 2. The molecule has 4 aromatic heterocycles. The lowest BCUT2D eigenvalue weighted by Gasteiger charge is -2.06. The van der Waals surface area contributed by atoms with E-state index in [0.717, 1.165) is 33.7 Å². The highest BCUT2D eigenvalue weighted by atomic mass is 15.0. The van der Waals surface area contributed by atoms with Crippen molar-refractivity contribution < 1.29 is 0 Å². The van der Waals surface area contributed by atoms with Gasteiger partial charge in [0.05, 0.1) is 5.69 Å². The second kappa shape index (κ2) is 5.04. The van der Waals surface area contributed by atoms with Crippen molar-refractivity contribution in [2.75, 3.05) is 0 Å². The van der Waals surface area contributed by atoms with Crippen LogP contribution in [0.2, 0.25) is 0 Å². The molecule has 5 nitrogen and oxygen atoms in total. The summed E-state index contributed by atoms with van der Waals surface area (Å²) >= 11 is 0. The Morgan fingerprint density at radius 1 is 0.955 bits per heavy atom. The summed E-state index contributed by atoms with van der Waals surface area (Å²) in [5.41, 5.74) is 4.32. The molecule has 0 atom stereocenters. The minimum atomic E-state index is 0.609. The Bertz CT molecular complexity index is 944. The topological polar surface area (TPSA) is 67.3 Å². The molecule has 0 aliphatic rings. The van der Waals surface area contributed by atoms with Gasteiger partial charge in [0.1, 0.15) is 11.3 Å². The predicted molar refractivity (Wildman–Crippen MR) is 85.1 cm³/mol. The Kier molecular flexibility index (Phi) is 2.89. The van der Waals surface area contributed by atoms with Crippen molar-refractivity contribution in [1.29, 1.82) is 0 Å². The van der Waals surface area contributed by atoms with Crippen LogP contribution < -0.4 is 0 Å². The maximum atomic E-state index is 4.72. The van der Waals surface area contributed by atoms with Gasteiger partial charge < -0.3 is 4.98 Å². The molecule has 1 N–H and O–H groups in total. The second-order valence-corrected chi connectivity index (χ2v) is 5.04. The minimum absolute atomic E-state index is 0.609. The van der Waals surface area contributed by atoms with E-state index in [4.69, 9.17) is 4.98 Å². The first-order valence-electron chi connectivity index (χ1n) is 7.01. The van der Waals surface area contributed by atoms with Gasteiger partial charge in [-0.05, 0) is 37.3 Å². The van der Waals surface area contributed by atoms with E-state index in [9.17, 15) is 0 Å². The number of aromatic amines is 1. The summed E-state index contributed by atoms with van der Waals surface area (Å²) in [5, 5.41) is 0.976. The second-order valence-electron chi connectivity index (χ2n) is 5.04. The van der Waals surface area contributed by atoms with E-state index in [-0.39, 0.29) is 0 Å². The van der Waals surface area contributed by atoms with E-state index >= 15 is 0 Å². The van der Waals surface area contributed by atoms with Gasteiger partial charge in [0.25, 0.3) is 0 Å². The van der Waals surface area contributed by atoms with Gasteiger partial charge in [-0.2, -0.15) is 0 Å². The van der Waals surface area contributed by atoms with E-state index in [1.807, 2.05) is 55.7 Å². The number of nitrogens with zero attached hydrogens (tertiary/aromatic N) is 4. The lowest BCUT2D eigenvalue weighted by atomic mass is 10.1. The van der Waals surface area contributed by atoms with Crippen LogP contribution in [0.1, 0.15) is 5.69 Å². The number of H-pyrrole nitrogens is 1. The Morgan fingerprint density at radius 3 is 2.73 bits per heavy atom. The van der Waals surface area contributed by atoms with Crippen molar-refractivity contribution in [3.05, 3.63) is 60.7 Å². The van der Waals surface area contributed by atoms with Crippen molar-refractivity contribution in [2.45, 2.75) is 6.92 Å². The normalized spacial score (nSPS) is 11.0. The lowest BCUT2D eigenvalue weighted by Crippen LogP contribution is -1.96. The van der Waals surface area contributed by atoms with Crippen molar-refractivity contribution in [3.63, 3.8) is 0 Å². The number of hydrogen-bond acceptors (Lipinski definition) is 4. The van der Waals surface area contributed by atoms with Gasteiger partial charge in [0.2, 0.25) is 0 Å². The van der Waals surface area contributed by atoms with Gasteiger partial charge in [0, 0.05) is 35.2 Å². The number of nitrogens with one attached hydrogen (secondary N) is 1. The Balaban J connectivity index is 1.98. The Labute approximate surface area is 127 Å². The van der Waals surface area contributed by atoms with Crippen LogP contribution in [0.3, 0.4) is 0 Å². The molecule has 22 heavy (non-hydrogen) atoms. The van der Waals surface area contributed by atoms with Gasteiger partial charge in [-0.1, -0.05) is 6.07 Å². The molecule has 0 radical (unpaired) electrons. The largest absolute Gasteiger partial charge is 0.346 e. The van der Waals surface area contributed by atoms with E-state index < -0.39 is 0 Å².